The van der Waals surface area contributed by atoms with Gasteiger partial charge in [-0.15, -0.1) is 0 Å². The number of aliphatic hydroxyl groups is 1. The Labute approximate surface area is 155 Å². The van der Waals surface area contributed by atoms with E-state index in [0.717, 1.165) is 50.0 Å². The highest BCUT2D eigenvalue weighted by Gasteiger charge is 2.25. The van der Waals surface area contributed by atoms with Crippen molar-refractivity contribution in [2.24, 2.45) is 5.92 Å². The number of rotatable bonds is 6. The topological polar surface area (TPSA) is 58.4 Å². The van der Waals surface area contributed by atoms with Crippen LogP contribution in [0, 0.1) is 5.92 Å². The number of aromatic nitrogens is 2. The van der Waals surface area contributed by atoms with Crippen molar-refractivity contribution in [3.8, 4) is 0 Å². The zero-order valence-electron chi connectivity index (χ0n) is 15.8. The summed E-state index contributed by atoms with van der Waals surface area (Å²) in [5.41, 5.74) is 1.17. The molecular formula is C21H29N3O2. The van der Waals surface area contributed by atoms with Crippen molar-refractivity contribution in [3.63, 3.8) is 0 Å². The number of aryl methyl sites for hydroxylation is 1. The van der Waals surface area contributed by atoms with Crippen molar-refractivity contribution in [1.29, 1.82) is 0 Å². The Morgan fingerprint density at radius 3 is 2.96 bits per heavy atom. The van der Waals surface area contributed by atoms with Gasteiger partial charge in [-0.1, -0.05) is 12.1 Å². The van der Waals surface area contributed by atoms with Crippen LogP contribution >= 0.6 is 0 Å². The van der Waals surface area contributed by atoms with Gasteiger partial charge in [0.15, 0.2) is 0 Å². The molecule has 0 spiro atoms. The van der Waals surface area contributed by atoms with Gasteiger partial charge in [-0.3, -0.25) is 4.79 Å². The molecule has 5 nitrogen and oxygen atoms in total. The highest BCUT2D eigenvalue weighted by atomic mass is 16.3. The molecule has 26 heavy (non-hydrogen) atoms. The zero-order chi connectivity index (χ0) is 18.6. The van der Waals surface area contributed by atoms with Crippen LogP contribution in [0.4, 0.5) is 0 Å². The fourth-order valence-corrected chi connectivity index (χ4v) is 3.58. The van der Waals surface area contributed by atoms with Gasteiger partial charge in [-0.25, -0.2) is 4.98 Å². The minimum Gasteiger partial charge on any atom is -0.390 e. The molecule has 0 radical (unpaired) electrons. The van der Waals surface area contributed by atoms with E-state index in [-0.39, 0.29) is 5.91 Å². The predicted molar refractivity (Wildman–Crippen MR) is 102 cm³/mol. The first-order chi connectivity index (χ1) is 12.4. The summed E-state index contributed by atoms with van der Waals surface area (Å²) in [7, 11) is 0. The van der Waals surface area contributed by atoms with Crippen LogP contribution in [0.5, 0.6) is 0 Å². The first kappa shape index (κ1) is 18.6. The van der Waals surface area contributed by atoms with E-state index in [1.807, 2.05) is 55.5 Å². The van der Waals surface area contributed by atoms with Crippen LogP contribution in [-0.2, 0) is 13.0 Å². The number of piperidine rings is 1. The molecule has 1 aromatic carbocycles. The summed E-state index contributed by atoms with van der Waals surface area (Å²) >= 11 is 0. The molecule has 140 valence electrons. The van der Waals surface area contributed by atoms with Gasteiger partial charge in [0.05, 0.1) is 11.9 Å². The van der Waals surface area contributed by atoms with E-state index in [0.29, 0.717) is 12.3 Å². The van der Waals surface area contributed by atoms with Crippen molar-refractivity contribution >= 4 is 5.91 Å². The van der Waals surface area contributed by atoms with Gasteiger partial charge in [0, 0.05) is 37.6 Å². The number of carbonyl (C=O) groups excluding carboxylic acids is 1. The zero-order valence-corrected chi connectivity index (χ0v) is 15.8. The van der Waals surface area contributed by atoms with Crippen molar-refractivity contribution in [1.82, 2.24) is 14.5 Å². The van der Waals surface area contributed by atoms with Crippen LogP contribution in [0.25, 0.3) is 0 Å². The molecule has 1 aromatic heterocycles. The van der Waals surface area contributed by atoms with Gasteiger partial charge in [-0.05, 0) is 63.1 Å². The van der Waals surface area contributed by atoms with Gasteiger partial charge in [0.25, 0.3) is 5.91 Å². The third-order valence-electron chi connectivity index (χ3n) is 5.03. The lowest BCUT2D eigenvalue weighted by molar-refractivity contribution is 0.0662. The number of carbonyl (C=O) groups is 1. The number of hydrogen-bond donors (Lipinski definition) is 1. The lowest BCUT2D eigenvalue weighted by Crippen LogP contribution is -2.41. The number of likely N-dealkylation sites (tertiary alicyclic amines) is 1. The molecule has 3 rings (SSSR count). The maximum absolute atomic E-state index is 13.0. The predicted octanol–water partition coefficient (Wildman–Crippen LogP) is 3.14. The number of hydrogen-bond acceptors (Lipinski definition) is 3. The average molecular weight is 355 g/mol. The van der Waals surface area contributed by atoms with Crippen LogP contribution in [-0.4, -0.2) is 44.2 Å². The van der Waals surface area contributed by atoms with Gasteiger partial charge >= 0.3 is 0 Å². The molecule has 1 fully saturated rings. The Morgan fingerprint density at radius 2 is 2.23 bits per heavy atom. The SMILES string of the molecule is CC(C)(O)CCc1cccc(C(=O)N2CCC[C@H](Cn3ccnc3)C2)c1. The van der Waals surface area contributed by atoms with E-state index < -0.39 is 5.60 Å². The Morgan fingerprint density at radius 1 is 1.38 bits per heavy atom. The largest absolute Gasteiger partial charge is 0.390 e. The Kier molecular flexibility index (Phi) is 5.77. The Hall–Kier alpha value is -2.14. The molecule has 0 unspecified atom stereocenters. The number of imidazole rings is 1. The van der Waals surface area contributed by atoms with E-state index in [9.17, 15) is 9.90 Å². The summed E-state index contributed by atoms with van der Waals surface area (Å²) in [5.74, 6) is 0.589. The van der Waals surface area contributed by atoms with Crippen LogP contribution in [0.2, 0.25) is 0 Å². The van der Waals surface area contributed by atoms with Gasteiger partial charge in [-0.2, -0.15) is 0 Å². The molecule has 2 aromatic rings. The van der Waals surface area contributed by atoms with Crippen molar-refractivity contribution < 1.29 is 9.90 Å². The smallest absolute Gasteiger partial charge is 0.253 e. The molecule has 1 saturated heterocycles. The average Bonchev–Trinajstić information content (AvgIpc) is 3.12. The minimum atomic E-state index is -0.687. The maximum atomic E-state index is 13.0. The summed E-state index contributed by atoms with van der Waals surface area (Å²) in [4.78, 5) is 19.0. The van der Waals surface area contributed by atoms with Gasteiger partial charge in [0.2, 0.25) is 0 Å². The number of amides is 1. The maximum Gasteiger partial charge on any atom is 0.253 e. The van der Waals surface area contributed by atoms with Crippen LogP contribution in [0.1, 0.15) is 49.0 Å². The first-order valence-electron chi connectivity index (χ1n) is 9.47. The van der Waals surface area contributed by atoms with Crippen molar-refractivity contribution in [2.45, 2.75) is 51.7 Å². The summed E-state index contributed by atoms with van der Waals surface area (Å²) in [6, 6.07) is 7.85. The van der Waals surface area contributed by atoms with Crippen molar-refractivity contribution in [2.75, 3.05) is 13.1 Å². The second-order valence-corrected chi connectivity index (χ2v) is 8.03. The fourth-order valence-electron chi connectivity index (χ4n) is 3.58. The molecule has 1 aliphatic heterocycles. The second kappa shape index (κ2) is 8.04. The van der Waals surface area contributed by atoms with Crippen LogP contribution in [0.3, 0.4) is 0 Å². The first-order valence-corrected chi connectivity index (χ1v) is 9.47. The fraction of sp³-hybridized carbons (Fsp3) is 0.524. The van der Waals surface area contributed by atoms with Crippen molar-refractivity contribution in [3.05, 3.63) is 54.1 Å². The molecule has 1 N–H and O–H groups in total. The minimum absolute atomic E-state index is 0.116. The molecule has 2 heterocycles. The standard InChI is InChI=1S/C21H29N3O2/c1-21(2,26)9-8-17-5-3-7-19(13-17)20(25)24-11-4-6-18(15-24)14-23-12-10-22-16-23/h3,5,7,10,12-13,16,18,26H,4,6,8-9,11,14-15H2,1-2H3/t18-/m1/s1. The third kappa shape index (κ3) is 5.18. The molecule has 1 aliphatic rings. The quantitative estimate of drug-likeness (QED) is 0.866. The van der Waals surface area contributed by atoms with Gasteiger partial charge in [0.1, 0.15) is 0 Å². The Bertz CT molecular complexity index is 719. The third-order valence-corrected chi connectivity index (χ3v) is 5.03. The molecule has 1 amide bonds. The highest BCUT2D eigenvalue weighted by Crippen LogP contribution is 2.21. The molecule has 0 saturated carbocycles. The Balaban J connectivity index is 1.62. The van der Waals surface area contributed by atoms with E-state index in [2.05, 4.69) is 9.55 Å². The van der Waals surface area contributed by atoms with E-state index in [4.69, 9.17) is 0 Å². The van der Waals surface area contributed by atoms with Crippen LogP contribution in [0.15, 0.2) is 43.0 Å². The number of benzene rings is 1. The molecule has 5 heteroatoms. The molecule has 0 aliphatic carbocycles. The normalized spacial score (nSPS) is 18.1. The monoisotopic (exact) mass is 355 g/mol. The van der Waals surface area contributed by atoms with Crippen LogP contribution < -0.4 is 0 Å². The summed E-state index contributed by atoms with van der Waals surface area (Å²) in [6.07, 6.45) is 9.26. The lowest BCUT2D eigenvalue weighted by atomic mass is 9.96. The van der Waals surface area contributed by atoms with E-state index in [1.54, 1.807) is 6.20 Å². The molecular weight excluding hydrogens is 326 g/mol. The highest BCUT2D eigenvalue weighted by molar-refractivity contribution is 5.94. The van der Waals surface area contributed by atoms with E-state index in [1.165, 1.54) is 0 Å². The van der Waals surface area contributed by atoms with Gasteiger partial charge < -0.3 is 14.6 Å². The number of nitrogens with zero attached hydrogens (tertiary/aromatic N) is 3. The van der Waals surface area contributed by atoms with E-state index >= 15 is 0 Å². The second-order valence-electron chi connectivity index (χ2n) is 8.03. The summed E-state index contributed by atoms with van der Waals surface area (Å²) in [5, 5.41) is 9.91. The molecule has 1 atom stereocenters. The molecule has 0 bridgehead atoms. The summed E-state index contributed by atoms with van der Waals surface area (Å²) in [6.45, 7) is 6.17. The summed E-state index contributed by atoms with van der Waals surface area (Å²) < 4.78 is 2.09. The lowest BCUT2D eigenvalue weighted by Gasteiger charge is -2.33.